The fourth-order valence-electron chi connectivity index (χ4n) is 2.41. The topological polar surface area (TPSA) is 98.5 Å². The molecule has 0 aliphatic heterocycles. The molecule has 6 nitrogen and oxygen atoms in total. The molecule has 0 saturated heterocycles. The van der Waals surface area contributed by atoms with Crippen LogP contribution in [0.1, 0.15) is 36.5 Å². The molecule has 3 N–H and O–H groups in total. The number of sulfonamides is 1. The van der Waals surface area contributed by atoms with E-state index < -0.39 is 10.0 Å². The molecule has 1 amide bonds. The lowest BCUT2D eigenvalue weighted by molar-refractivity contribution is 0.0948. The van der Waals surface area contributed by atoms with E-state index >= 15 is 0 Å². The predicted molar refractivity (Wildman–Crippen MR) is 78.6 cm³/mol. The fourth-order valence-corrected chi connectivity index (χ4v) is 3.13. The monoisotopic (exact) mass is 312 g/mol. The quantitative estimate of drug-likeness (QED) is 0.826. The molecule has 0 radical (unpaired) electrons. The van der Waals surface area contributed by atoms with Crippen molar-refractivity contribution >= 4 is 15.9 Å². The van der Waals surface area contributed by atoms with Crippen molar-refractivity contribution in [1.29, 1.82) is 0 Å². The molecule has 2 atom stereocenters. The Labute approximate surface area is 124 Å². The van der Waals surface area contributed by atoms with E-state index in [-0.39, 0.29) is 28.2 Å². The number of benzene rings is 1. The van der Waals surface area contributed by atoms with Crippen molar-refractivity contribution in [3.63, 3.8) is 0 Å². The van der Waals surface area contributed by atoms with Crippen LogP contribution in [0, 0.1) is 5.92 Å². The zero-order valence-electron chi connectivity index (χ0n) is 12.1. The third kappa shape index (κ3) is 3.74. The highest BCUT2D eigenvalue weighted by Gasteiger charge is 2.37. The number of primary sulfonamides is 1. The Morgan fingerprint density at radius 1 is 1.48 bits per heavy atom. The van der Waals surface area contributed by atoms with Crippen molar-refractivity contribution in [2.75, 3.05) is 7.11 Å². The Morgan fingerprint density at radius 3 is 2.76 bits per heavy atom. The zero-order valence-corrected chi connectivity index (χ0v) is 12.9. The molecule has 1 fully saturated rings. The standard InChI is InChI=1S/C14H20N2O4S/c1-3-4-9-7-11(9)16-14(17)10-5-6-12(20-2)13(8-10)21(15,18)19/h5-6,8-9,11H,3-4,7H2,1-2H3,(H,16,17)(H2,15,18,19). The first kappa shape index (κ1) is 15.8. The third-order valence-corrected chi connectivity index (χ3v) is 4.56. The number of amides is 1. The number of nitrogens with one attached hydrogen (secondary N) is 1. The molecule has 2 rings (SSSR count). The first-order chi connectivity index (χ1) is 9.86. The SMILES string of the molecule is CCCC1CC1NC(=O)c1ccc(OC)c(S(N)(=O)=O)c1. The summed E-state index contributed by atoms with van der Waals surface area (Å²) in [6, 6.07) is 4.41. The van der Waals surface area contributed by atoms with Crippen LogP contribution in [0.5, 0.6) is 5.75 Å². The van der Waals surface area contributed by atoms with Crippen molar-refractivity contribution in [2.24, 2.45) is 11.1 Å². The second-order valence-corrected chi connectivity index (χ2v) is 6.80. The molecule has 0 spiro atoms. The molecule has 0 heterocycles. The molecule has 0 aromatic heterocycles. The Kier molecular flexibility index (Phi) is 4.53. The maximum Gasteiger partial charge on any atom is 0.251 e. The highest BCUT2D eigenvalue weighted by Crippen LogP contribution is 2.34. The molecule has 1 aromatic rings. The van der Waals surface area contributed by atoms with Crippen LogP contribution in [0.15, 0.2) is 23.1 Å². The fraction of sp³-hybridized carbons (Fsp3) is 0.500. The lowest BCUT2D eigenvalue weighted by Crippen LogP contribution is -2.27. The van der Waals surface area contributed by atoms with Gasteiger partial charge in [0.1, 0.15) is 10.6 Å². The van der Waals surface area contributed by atoms with Crippen LogP contribution in [0.3, 0.4) is 0 Å². The Hall–Kier alpha value is -1.60. The number of ether oxygens (including phenoxy) is 1. The van der Waals surface area contributed by atoms with E-state index in [0.717, 1.165) is 19.3 Å². The van der Waals surface area contributed by atoms with Crippen molar-refractivity contribution in [3.05, 3.63) is 23.8 Å². The minimum atomic E-state index is -3.94. The lowest BCUT2D eigenvalue weighted by Gasteiger charge is -2.09. The van der Waals surface area contributed by atoms with E-state index in [1.54, 1.807) is 0 Å². The van der Waals surface area contributed by atoms with Crippen LogP contribution >= 0.6 is 0 Å². The van der Waals surface area contributed by atoms with Gasteiger partial charge < -0.3 is 10.1 Å². The predicted octanol–water partition coefficient (Wildman–Crippen LogP) is 1.26. The maximum atomic E-state index is 12.1. The molecular formula is C14H20N2O4S. The number of hydrogen-bond acceptors (Lipinski definition) is 4. The number of carbonyl (C=O) groups excluding carboxylic acids is 1. The van der Waals surface area contributed by atoms with E-state index in [4.69, 9.17) is 9.88 Å². The summed E-state index contributed by atoms with van der Waals surface area (Å²) in [7, 11) is -2.59. The minimum Gasteiger partial charge on any atom is -0.495 e. The molecule has 2 unspecified atom stereocenters. The van der Waals surface area contributed by atoms with E-state index in [9.17, 15) is 13.2 Å². The molecule has 21 heavy (non-hydrogen) atoms. The van der Waals surface area contributed by atoms with E-state index in [1.165, 1.54) is 25.3 Å². The van der Waals surface area contributed by atoms with Crippen LogP contribution in [0.25, 0.3) is 0 Å². The van der Waals surface area contributed by atoms with Gasteiger partial charge in [-0.25, -0.2) is 13.6 Å². The summed E-state index contributed by atoms with van der Waals surface area (Å²) in [6.07, 6.45) is 3.17. The van der Waals surface area contributed by atoms with Gasteiger partial charge in [0, 0.05) is 11.6 Å². The zero-order chi connectivity index (χ0) is 15.6. The van der Waals surface area contributed by atoms with Crippen LogP contribution in [0.2, 0.25) is 0 Å². The van der Waals surface area contributed by atoms with Gasteiger partial charge in [-0.1, -0.05) is 13.3 Å². The molecule has 1 aliphatic carbocycles. The highest BCUT2D eigenvalue weighted by molar-refractivity contribution is 7.89. The maximum absolute atomic E-state index is 12.1. The Morgan fingerprint density at radius 2 is 2.19 bits per heavy atom. The van der Waals surface area contributed by atoms with Gasteiger partial charge in [0.15, 0.2) is 0 Å². The largest absolute Gasteiger partial charge is 0.495 e. The molecule has 1 saturated carbocycles. The highest BCUT2D eigenvalue weighted by atomic mass is 32.2. The lowest BCUT2D eigenvalue weighted by atomic mass is 10.2. The average molecular weight is 312 g/mol. The summed E-state index contributed by atoms with van der Waals surface area (Å²) in [5.74, 6) is 0.380. The van der Waals surface area contributed by atoms with Crippen LogP contribution in [0.4, 0.5) is 0 Å². The summed E-state index contributed by atoms with van der Waals surface area (Å²) in [4.78, 5) is 12.0. The molecular weight excluding hydrogens is 292 g/mol. The first-order valence-electron chi connectivity index (χ1n) is 6.88. The molecule has 0 bridgehead atoms. The van der Waals surface area contributed by atoms with Crippen LogP contribution in [-0.2, 0) is 10.0 Å². The van der Waals surface area contributed by atoms with Crippen LogP contribution in [-0.4, -0.2) is 27.5 Å². The van der Waals surface area contributed by atoms with Crippen molar-refractivity contribution < 1.29 is 17.9 Å². The van der Waals surface area contributed by atoms with E-state index in [2.05, 4.69) is 12.2 Å². The average Bonchev–Trinajstić information content (AvgIpc) is 3.15. The van der Waals surface area contributed by atoms with Crippen molar-refractivity contribution in [2.45, 2.75) is 37.1 Å². The van der Waals surface area contributed by atoms with Gasteiger partial charge in [0.05, 0.1) is 7.11 Å². The second-order valence-electron chi connectivity index (χ2n) is 5.28. The normalized spacial score (nSPS) is 20.9. The van der Waals surface area contributed by atoms with Gasteiger partial charge in [-0.15, -0.1) is 0 Å². The van der Waals surface area contributed by atoms with E-state index in [1.807, 2.05) is 0 Å². The number of carbonyl (C=O) groups is 1. The first-order valence-corrected chi connectivity index (χ1v) is 8.43. The summed E-state index contributed by atoms with van der Waals surface area (Å²) >= 11 is 0. The number of methoxy groups -OCH3 is 1. The number of nitrogens with two attached hydrogens (primary N) is 1. The van der Waals surface area contributed by atoms with Crippen molar-refractivity contribution in [3.8, 4) is 5.75 Å². The molecule has 1 aliphatic rings. The van der Waals surface area contributed by atoms with Crippen molar-refractivity contribution in [1.82, 2.24) is 5.32 Å². The summed E-state index contributed by atoms with van der Waals surface area (Å²) in [5.41, 5.74) is 0.266. The Bertz CT molecular complexity index is 642. The van der Waals surface area contributed by atoms with E-state index in [0.29, 0.717) is 5.92 Å². The Balaban J connectivity index is 2.15. The van der Waals surface area contributed by atoms with Gasteiger partial charge >= 0.3 is 0 Å². The summed E-state index contributed by atoms with van der Waals surface area (Å²) < 4.78 is 28.0. The number of rotatable bonds is 6. The van der Waals surface area contributed by atoms with Gasteiger partial charge in [-0.05, 0) is 37.0 Å². The molecule has 7 heteroatoms. The van der Waals surface area contributed by atoms with Gasteiger partial charge in [0.2, 0.25) is 10.0 Å². The summed E-state index contributed by atoms with van der Waals surface area (Å²) in [5, 5.41) is 8.04. The molecule has 116 valence electrons. The third-order valence-electron chi connectivity index (χ3n) is 3.63. The van der Waals surface area contributed by atoms with Gasteiger partial charge in [0.25, 0.3) is 5.91 Å². The minimum absolute atomic E-state index is 0.129. The second kappa shape index (κ2) is 6.03. The van der Waals surface area contributed by atoms with Crippen LogP contribution < -0.4 is 15.2 Å². The number of hydrogen-bond donors (Lipinski definition) is 2. The molecule has 1 aromatic carbocycles. The van der Waals surface area contributed by atoms with Gasteiger partial charge in [-0.2, -0.15) is 0 Å². The summed E-state index contributed by atoms with van der Waals surface area (Å²) in [6.45, 7) is 2.11. The smallest absolute Gasteiger partial charge is 0.251 e. The van der Waals surface area contributed by atoms with Gasteiger partial charge in [-0.3, -0.25) is 4.79 Å².